The van der Waals surface area contributed by atoms with Gasteiger partial charge in [0.15, 0.2) is 0 Å². The summed E-state index contributed by atoms with van der Waals surface area (Å²) < 4.78 is 13.9. The van der Waals surface area contributed by atoms with E-state index in [2.05, 4.69) is 0 Å². The first-order valence-corrected chi connectivity index (χ1v) is 6.46. The van der Waals surface area contributed by atoms with Crippen LogP contribution in [-0.4, -0.2) is 12.9 Å². The Morgan fingerprint density at radius 2 is 1.95 bits per heavy atom. The second kappa shape index (κ2) is 5.92. The minimum atomic E-state index is -0.415. The van der Waals surface area contributed by atoms with Gasteiger partial charge < -0.3 is 10.6 Å². The molecule has 3 N–H and O–H groups in total. The van der Waals surface area contributed by atoms with Crippen LogP contribution in [0, 0.1) is 11.2 Å². The Morgan fingerprint density at radius 1 is 1.25 bits per heavy atom. The lowest BCUT2D eigenvalue weighted by atomic mass is 10.1. The van der Waals surface area contributed by atoms with Crippen LogP contribution in [0.2, 0.25) is 5.02 Å². The van der Waals surface area contributed by atoms with Crippen molar-refractivity contribution < 1.29 is 4.39 Å². The molecule has 0 atom stereocenters. The quantitative estimate of drug-likeness (QED) is 0.670. The molecule has 2 aromatic rings. The Morgan fingerprint density at radius 3 is 2.65 bits per heavy atom. The van der Waals surface area contributed by atoms with Crippen molar-refractivity contribution >= 4 is 23.1 Å². The van der Waals surface area contributed by atoms with Gasteiger partial charge in [-0.15, -0.1) is 0 Å². The van der Waals surface area contributed by atoms with E-state index in [0.717, 1.165) is 5.69 Å². The number of nitrogens with one attached hydrogen (secondary N) is 1. The zero-order valence-corrected chi connectivity index (χ0v) is 11.8. The summed E-state index contributed by atoms with van der Waals surface area (Å²) in [7, 11) is 1.82. The maximum atomic E-state index is 13.9. The third kappa shape index (κ3) is 2.91. The van der Waals surface area contributed by atoms with Gasteiger partial charge in [-0.05, 0) is 18.2 Å². The number of anilines is 1. The molecule has 2 aromatic carbocycles. The molecule has 2 rings (SSSR count). The van der Waals surface area contributed by atoms with Gasteiger partial charge in [0, 0.05) is 30.4 Å². The predicted molar refractivity (Wildman–Crippen MR) is 81.0 cm³/mol. The van der Waals surface area contributed by atoms with Crippen LogP contribution in [0.1, 0.15) is 11.1 Å². The van der Waals surface area contributed by atoms with Gasteiger partial charge in [0.25, 0.3) is 0 Å². The number of halogens is 2. The summed E-state index contributed by atoms with van der Waals surface area (Å²) in [5.74, 6) is -0.430. The standard InChI is InChI=1S/C15H15ClFN3/c1-20(9-10-5-4-7-12(16)14(10)17)13-8-3-2-6-11(13)15(18)19/h2-8H,9H2,1H3,(H3,18,19). The highest BCUT2D eigenvalue weighted by Crippen LogP contribution is 2.23. The average molecular weight is 292 g/mol. The molecule has 0 heterocycles. The topological polar surface area (TPSA) is 53.1 Å². The lowest BCUT2D eigenvalue weighted by molar-refractivity contribution is 0.608. The zero-order chi connectivity index (χ0) is 14.7. The largest absolute Gasteiger partial charge is 0.384 e. The lowest BCUT2D eigenvalue weighted by Gasteiger charge is -2.22. The van der Waals surface area contributed by atoms with E-state index in [1.54, 1.807) is 18.2 Å². The Labute approximate surface area is 122 Å². The highest BCUT2D eigenvalue weighted by molar-refractivity contribution is 6.30. The van der Waals surface area contributed by atoms with Gasteiger partial charge in [-0.1, -0.05) is 35.9 Å². The van der Waals surface area contributed by atoms with Crippen LogP contribution in [0.25, 0.3) is 0 Å². The lowest BCUT2D eigenvalue weighted by Crippen LogP contribution is -2.22. The zero-order valence-electron chi connectivity index (χ0n) is 11.0. The van der Waals surface area contributed by atoms with E-state index in [9.17, 15) is 4.39 Å². The summed E-state index contributed by atoms with van der Waals surface area (Å²) in [4.78, 5) is 1.84. The second-order valence-corrected chi connectivity index (χ2v) is 4.91. The maximum Gasteiger partial charge on any atom is 0.146 e. The van der Waals surface area contributed by atoms with E-state index < -0.39 is 5.82 Å². The minimum absolute atomic E-state index is 0.0148. The summed E-state index contributed by atoms with van der Waals surface area (Å²) in [6, 6.07) is 12.2. The number of hydrogen-bond donors (Lipinski definition) is 2. The SMILES string of the molecule is CN(Cc1cccc(Cl)c1F)c1ccccc1C(=N)N. The van der Waals surface area contributed by atoms with E-state index in [4.69, 9.17) is 22.7 Å². The molecule has 104 valence electrons. The summed E-state index contributed by atoms with van der Waals surface area (Å²) >= 11 is 5.78. The normalized spacial score (nSPS) is 10.3. The molecular weight excluding hydrogens is 277 g/mol. The number of nitrogens with zero attached hydrogens (tertiary/aromatic N) is 1. The number of hydrogen-bond acceptors (Lipinski definition) is 2. The minimum Gasteiger partial charge on any atom is -0.384 e. The fraction of sp³-hybridized carbons (Fsp3) is 0.133. The van der Waals surface area contributed by atoms with Crippen molar-refractivity contribution in [1.29, 1.82) is 5.41 Å². The van der Waals surface area contributed by atoms with E-state index in [0.29, 0.717) is 17.7 Å². The highest BCUT2D eigenvalue weighted by Gasteiger charge is 2.12. The van der Waals surface area contributed by atoms with Gasteiger partial charge in [0.1, 0.15) is 11.7 Å². The average Bonchev–Trinajstić information content (AvgIpc) is 2.43. The van der Waals surface area contributed by atoms with Gasteiger partial charge in [0.2, 0.25) is 0 Å². The first kappa shape index (κ1) is 14.3. The molecule has 0 aliphatic rings. The fourth-order valence-electron chi connectivity index (χ4n) is 2.05. The first-order valence-electron chi connectivity index (χ1n) is 6.08. The molecule has 0 saturated heterocycles. The van der Waals surface area contributed by atoms with Crippen molar-refractivity contribution in [1.82, 2.24) is 0 Å². The van der Waals surface area contributed by atoms with Crippen LogP contribution < -0.4 is 10.6 Å². The summed E-state index contributed by atoms with van der Waals surface area (Å²) in [6.45, 7) is 0.344. The number of rotatable bonds is 4. The van der Waals surface area contributed by atoms with Crippen molar-refractivity contribution in [2.45, 2.75) is 6.54 Å². The second-order valence-electron chi connectivity index (χ2n) is 4.50. The van der Waals surface area contributed by atoms with Crippen molar-refractivity contribution in [2.75, 3.05) is 11.9 Å². The predicted octanol–water partition coefficient (Wildman–Crippen LogP) is 3.40. The Hall–Kier alpha value is -2.07. The number of benzene rings is 2. The first-order chi connectivity index (χ1) is 9.50. The van der Waals surface area contributed by atoms with Crippen LogP contribution in [0.5, 0.6) is 0 Å². The summed E-state index contributed by atoms with van der Waals surface area (Å²) in [5, 5.41) is 7.69. The molecule has 0 aliphatic carbocycles. The molecule has 20 heavy (non-hydrogen) atoms. The van der Waals surface area contributed by atoms with Gasteiger partial charge in [-0.25, -0.2) is 4.39 Å². The van der Waals surface area contributed by atoms with Gasteiger partial charge in [-0.2, -0.15) is 0 Å². The summed E-state index contributed by atoms with van der Waals surface area (Å²) in [6.07, 6.45) is 0. The van der Waals surface area contributed by atoms with Gasteiger partial charge >= 0.3 is 0 Å². The molecule has 0 unspecified atom stereocenters. The van der Waals surface area contributed by atoms with E-state index >= 15 is 0 Å². The van der Waals surface area contributed by atoms with Gasteiger partial charge in [0.05, 0.1) is 5.02 Å². The number of para-hydroxylation sites is 1. The molecule has 0 radical (unpaired) electrons. The van der Waals surface area contributed by atoms with E-state index in [-0.39, 0.29) is 10.9 Å². The van der Waals surface area contributed by atoms with Crippen molar-refractivity contribution in [3.8, 4) is 0 Å². The molecule has 0 amide bonds. The number of amidine groups is 1. The Balaban J connectivity index is 2.31. The molecule has 0 spiro atoms. The molecule has 0 aliphatic heterocycles. The smallest absolute Gasteiger partial charge is 0.146 e. The van der Waals surface area contributed by atoms with Crippen molar-refractivity contribution in [3.05, 3.63) is 64.4 Å². The molecule has 5 heteroatoms. The van der Waals surface area contributed by atoms with Crippen LogP contribution >= 0.6 is 11.6 Å². The monoisotopic (exact) mass is 291 g/mol. The molecular formula is C15H15ClFN3. The number of nitrogen functional groups attached to an aromatic ring is 1. The van der Waals surface area contributed by atoms with Crippen LogP contribution in [0.15, 0.2) is 42.5 Å². The highest BCUT2D eigenvalue weighted by atomic mass is 35.5. The van der Waals surface area contributed by atoms with E-state index in [1.807, 2.05) is 30.1 Å². The molecule has 0 bridgehead atoms. The van der Waals surface area contributed by atoms with Crippen LogP contribution in [0.4, 0.5) is 10.1 Å². The number of nitrogens with two attached hydrogens (primary N) is 1. The van der Waals surface area contributed by atoms with Crippen molar-refractivity contribution in [3.63, 3.8) is 0 Å². The third-order valence-corrected chi connectivity index (χ3v) is 3.34. The molecule has 3 nitrogen and oxygen atoms in total. The van der Waals surface area contributed by atoms with E-state index in [1.165, 1.54) is 6.07 Å². The fourth-order valence-corrected chi connectivity index (χ4v) is 2.24. The summed E-state index contributed by atoms with van der Waals surface area (Å²) in [5.41, 5.74) is 7.46. The Kier molecular flexibility index (Phi) is 4.25. The van der Waals surface area contributed by atoms with Gasteiger partial charge in [-0.3, -0.25) is 5.41 Å². The van der Waals surface area contributed by atoms with Crippen LogP contribution in [0.3, 0.4) is 0 Å². The van der Waals surface area contributed by atoms with Crippen molar-refractivity contribution in [2.24, 2.45) is 5.73 Å². The van der Waals surface area contributed by atoms with Crippen LogP contribution in [-0.2, 0) is 6.54 Å². The molecule has 0 fully saturated rings. The maximum absolute atomic E-state index is 13.9. The third-order valence-electron chi connectivity index (χ3n) is 3.04. The molecule has 0 aromatic heterocycles. The molecule has 0 saturated carbocycles. The Bertz CT molecular complexity index is 643.